The number of methoxy groups -OCH3 is 1. The molecule has 0 radical (unpaired) electrons. The van der Waals surface area contributed by atoms with Crippen molar-refractivity contribution >= 4 is 45.7 Å². The van der Waals surface area contributed by atoms with Crippen LogP contribution >= 0.6 is 23.1 Å². The van der Waals surface area contributed by atoms with Gasteiger partial charge >= 0.3 is 0 Å². The molecule has 2 heterocycles. The monoisotopic (exact) mass is 446 g/mol. The van der Waals surface area contributed by atoms with Crippen LogP contribution in [0.3, 0.4) is 0 Å². The van der Waals surface area contributed by atoms with Gasteiger partial charge in [0.15, 0.2) is 10.3 Å². The first kappa shape index (κ1) is 21.8. The number of nitrogens with one attached hydrogen (secondary N) is 2. The number of amides is 2. The Bertz CT molecular complexity index is 1050. The molecule has 2 amide bonds. The summed E-state index contributed by atoms with van der Waals surface area (Å²) in [4.78, 5) is 29.0. The fourth-order valence-electron chi connectivity index (χ4n) is 2.52. The molecule has 9 nitrogen and oxygen atoms in total. The number of thiazole rings is 1. The Balaban J connectivity index is 1.59. The largest absolute Gasteiger partial charge is 0.495 e. The molecule has 3 rings (SSSR count). The summed E-state index contributed by atoms with van der Waals surface area (Å²) in [5.74, 6) is 0.660. The summed E-state index contributed by atoms with van der Waals surface area (Å²) < 4.78 is 6.95. The molecule has 1 atom stereocenters. The summed E-state index contributed by atoms with van der Waals surface area (Å²) in [5, 5.41) is 16.4. The van der Waals surface area contributed by atoms with Crippen molar-refractivity contribution in [1.82, 2.24) is 19.7 Å². The zero-order chi connectivity index (χ0) is 21.7. The van der Waals surface area contributed by atoms with Crippen LogP contribution in [0.4, 0.5) is 10.8 Å². The number of benzene rings is 1. The molecule has 0 bridgehead atoms. The standard InChI is InChI=1S/C19H22N6O3S2/c1-11-10-29-18(20-11)22-17(27)12(2)30-19-24-23-15(25(19)3)9-16(26)21-13-7-5-6-8-14(13)28-4/h5-8,10,12H,9H2,1-4H3,(H,21,26)(H,20,22,27)/t12-/m0/s1. The minimum absolute atomic E-state index is 0.0427. The van der Waals surface area contributed by atoms with Crippen LogP contribution in [-0.4, -0.2) is 43.9 Å². The fraction of sp³-hybridized carbons (Fsp3) is 0.316. The molecule has 0 saturated heterocycles. The predicted molar refractivity (Wildman–Crippen MR) is 117 cm³/mol. The molecule has 0 fully saturated rings. The van der Waals surface area contributed by atoms with Gasteiger partial charge in [0, 0.05) is 12.4 Å². The van der Waals surface area contributed by atoms with Gasteiger partial charge in [0.05, 0.1) is 30.2 Å². The molecule has 11 heteroatoms. The van der Waals surface area contributed by atoms with Crippen LogP contribution in [-0.2, 0) is 23.1 Å². The summed E-state index contributed by atoms with van der Waals surface area (Å²) in [6.45, 7) is 3.65. The van der Waals surface area contributed by atoms with E-state index in [1.54, 1.807) is 37.8 Å². The van der Waals surface area contributed by atoms with Gasteiger partial charge in [-0.25, -0.2) is 4.98 Å². The molecular weight excluding hydrogens is 424 g/mol. The van der Waals surface area contributed by atoms with Gasteiger partial charge < -0.3 is 19.9 Å². The maximum Gasteiger partial charge on any atom is 0.239 e. The Morgan fingerprint density at radius 2 is 2.03 bits per heavy atom. The van der Waals surface area contributed by atoms with Crippen molar-refractivity contribution in [2.75, 3.05) is 17.7 Å². The number of para-hydroxylation sites is 2. The molecule has 0 aliphatic carbocycles. The van der Waals surface area contributed by atoms with Crippen LogP contribution in [0.5, 0.6) is 5.75 Å². The minimum Gasteiger partial charge on any atom is -0.495 e. The average Bonchev–Trinajstić information content (AvgIpc) is 3.28. The van der Waals surface area contributed by atoms with Gasteiger partial charge in [0.1, 0.15) is 11.6 Å². The first-order valence-corrected chi connectivity index (χ1v) is 10.8. The zero-order valence-electron chi connectivity index (χ0n) is 17.0. The molecule has 0 aliphatic heterocycles. The van der Waals surface area contributed by atoms with Crippen LogP contribution < -0.4 is 15.4 Å². The number of carbonyl (C=O) groups excluding carboxylic acids is 2. The number of aromatic nitrogens is 4. The molecule has 30 heavy (non-hydrogen) atoms. The van der Waals surface area contributed by atoms with Crippen LogP contribution in [0.25, 0.3) is 0 Å². The molecule has 0 saturated carbocycles. The number of hydrogen-bond donors (Lipinski definition) is 2. The molecule has 0 aliphatic rings. The van der Waals surface area contributed by atoms with Gasteiger partial charge in [0.2, 0.25) is 11.8 Å². The van der Waals surface area contributed by atoms with E-state index < -0.39 is 5.25 Å². The highest BCUT2D eigenvalue weighted by Gasteiger charge is 2.21. The lowest BCUT2D eigenvalue weighted by atomic mass is 10.2. The highest BCUT2D eigenvalue weighted by molar-refractivity contribution is 8.00. The van der Waals surface area contributed by atoms with Crippen molar-refractivity contribution in [2.24, 2.45) is 7.05 Å². The summed E-state index contributed by atoms with van der Waals surface area (Å²) in [6, 6.07) is 7.17. The second-order valence-electron chi connectivity index (χ2n) is 6.43. The molecule has 158 valence electrons. The number of anilines is 2. The maximum atomic E-state index is 12.4. The summed E-state index contributed by atoms with van der Waals surface area (Å²) in [6.07, 6.45) is 0.0427. The van der Waals surface area contributed by atoms with Gasteiger partial charge in [0.25, 0.3) is 0 Å². The molecule has 0 spiro atoms. The third kappa shape index (κ3) is 5.36. The molecule has 1 aromatic carbocycles. The zero-order valence-corrected chi connectivity index (χ0v) is 18.6. The lowest BCUT2D eigenvalue weighted by Gasteiger charge is -2.11. The lowest BCUT2D eigenvalue weighted by Crippen LogP contribution is -2.23. The SMILES string of the molecule is COc1ccccc1NC(=O)Cc1nnc(S[C@@H](C)C(=O)Nc2nc(C)cs2)n1C. The Hall–Kier alpha value is -2.92. The van der Waals surface area contributed by atoms with Crippen LogP contribution in [0.1, 0.15) is 18.4 Å². The highest BCUT2D eigenvalue weighted by atomic mass is 32.2. The van der Waals surface area contributed by atoms with E-state index in [0.717, 1.165) is 5.69 Å². The van der Waals surface area contributed by atoms with Gasteiger partial charge in [-0.3, -0.25) is 9.59 Å². The van der Waals surface area contributed by atoms with Gasteiger partial charge in [-0.1, -0.05) is 23.9 Å². The van der Waals surface area contributed by atoms with Crippen molar-refractivity contribution in [3.8, 4) is 5.75 Å². The van der Waals surface area contributed by atoms with E-state index >= 15 is 0 Å². The van der Waals surface area contributed by atoms with Crippen molar-refractivity contribution in [3.05, 3.63) is 41.2 Å². The fourth-order valence-corrected chi connectivity index (χ4v) is 4.04. The van der Waals surface area contributed by atoms with E-state index in [0.29, 0.717) is 27.5 Å². The minimum atomic E-state index is -0.410. The van der Waals surface area contributed by atoms with E-state index in [4.69, 9.17) is 4.74 Å². The Labute approximate surface area is 182 Å². The number of rotatable bonds is 8. The van der Waals surface area contributed by atoms with Crippen molar-refractivity contribution in [3.63, 3.8) is 0 Å². The van der Waals surface area contributed by atoms with Crippen molar-refractivity contribution < 1.29 is 14.3 Å². The van der Waals surface area contributed by atoms with E-state index in [1.165, 1.54) is 23.1 Å². The second kappa shape index (κ2) is 9.72. The second-order valence-corrected chi connectivity index (χ2v) is 8.59. The van der Waals surface area contributed by atoms with E-state index in [2.05, 4.69) is 25.8 Å². The number of aryl methyl sites for hydroxylation is 1. The van der Waals surface area contributed by atoms with Gasteiger partial charge in [-0.2, -0.15) is 0 Å². The Kier molecular flexibility index (Phi) is 7.06. The molecule has 3 aromatic rings. The first-order chi connectivity index (χ1) is 14.4. The van der Waals surface area contributed by atoms with Crippen LogP contribution in [0.15, 0.2) is 34.8 Å². The van der Waals surface area contributed by atoms with Crippen molar-refractivity contribution in [1.29, 1.82) is 0 Å². The smallest absolute Gasteiger partial charge is 0.239 e. The molecule has 2 aromatic heterocycles. The van der Waals surface area contributed by atoms with Gasteiger partial charge in [-0.05, 0) is 26.0 Å². The molecule has 2 N–H and O–H groups in total. The average molecular weight is 447 g/mol. The lowest BCUT2D eigenvalue weighted by molar-refractivity contribution is -0.116. The highest BCUT2D eigenvalue weighted by Crippen LogP contribution is 2.25. The van der Waals surface area contributed by atoms with Crippen LogP contribution in [0, 0.1) is 6.92 Å². The Morgan fingerprint density at radius 1 is 1.27 bits per heavy atom. The number of ether oxygens (including phenoxy) is 1. The molecular formula is C19H22N6O3S2. The maximum absolute atomic E-state index is 12.4. The summed E-state index contributed by atoms with van der Waals surface area (Å²) in [7, 11) is 3.31. The topological polar surface area (TPSA) is 111 Å². The van der Waals surface area contributed by atoms with E-state index in [9.17, 15) is 9.59 Å². The predicted octanol–water partition coefficient (Wildman–Crippen LogP) is 2.89. The molecule has 0 unspecified atom stereocenters. The number of thioether (sulfide) groups is 1. The number of nitrogens with zero attached hydrogens (tertiary/aromatic N) is 4. The quantitative estimate of drug-likeness (QED) is 0.512. The van der Waals surface area contributed by atoms with E-state index in [1.807, 2.05) is 24.4 Å². The van der Waals surface area contributed by atoms with Crippen LogP contribution in [0.2, 0.25) is 0 Å². The summed E-state index contributed by atoms with van der Waals surface area (Å²) >= 11 is 2.64. The Morgan fingerprint density at radius 3 is 2.73 bits per heavy atom. The van der Waals surface area contributed by atoms with Crippen molar-refractivity contribution in [2.45, 2.75) is 30.7 Å². The van der Waals surface area contributed by atoms with Gasteiger partial charge in [-0.15, -0.1) is 21.5 Å². The number of hydrogen-bond acceptors (Lipinski definition) is 8. The van der Waals surface area contributed by atoms with E-state index in [-0.39, 0.29) is 18.2 Å². The third-order valence-corrected chi connectivity index (χ3v) is 6.13. The normalized spacial score (nSPS) is 11.7. The summed E-state index contributed by atoms with van der Waals surface area (Å²) in [5.41, 5.74) is 1.45. The third-order valence-electron chi connectivity index (χ3n) is 4.13. The first-order valence-electron chi connectivity index (χ1n) is 9.08. The number of carbonyl (C=O) groups is 2.